The monoisotopic (exact) mass is 1170 g/mol. The van der Waals surface area contributed by atoms with Gasteiger partial charge in [0.15, 0.2) is 0 Å². The molecule has 442 valence electrons. The molecule has 0 aliphatic heterocycles. The summed E-state index contributed by atoms with van der Waals surface area (Å²) in [5.41, 5.74) is 11.1. The minimum absolute atomic E-state index is 0.296. The smallest absolute Gasteiger partial charge is 0.328 e. The lowest BCUT2D eigenvalue weighted by molar-refractivity contribution is 0.233. The first-order valence-corrected chi connectivity index (χ1v) is 31.9. The summed E-state index contributed by atoms with van der Waals surface area (Å²) in [6, 6.07) is 79.9. The fourth-order valence-corrected chi connectivity index (χ4v) is 12.8. The highest BCUT2D eigenvalue weighted by atomic mass is 16.5. The van der Waals surface area contributed by atoms with Crippen molar-refractivity contribution in [1.29, 1.82) is 10.5 Å². The molecule has 2 unspecified atom stereocenters. The van der Waals surface area contributed by atoms with E-state index in [1.54, 1.807) is 12.4 Å². The standard InChI is InChI=1S/C78H72B2N8O2/c1-5-9-29-55(7-3)53-89-63-43-45-67-69(47-63)83-51-71(85-67)65(49-81)77-73-74(76(58-33-19-12-20-34-58)87(77)79(59-35-21-13-22-36-59)60-37-23-14-24-38-60)78(66(50-82)72-52-84-70-48-64(44-46-68(70)86-72)90-54-56(8-4)30-10-6-2)88(75(73)57-31-17-11-18-32-57)80(61-39-25-15-26-40-61)62-41-27-16-28-42-62/h11-28,31-48,51-52,55-56H,5-10,29-30,53-54H2,1-4H3/b77-65-,78-66-. The van der Waals surface area contributed by atoms with Gasteiger partial charge in [-0.1, -0.05) is 270 Å². The van der Waals surface area contributed by atoms with Crippen LogP contribution in [0.2, 0.25) is 0 Å². The Balaban J connectivity index is 1.27. The summed E-state index contributed by atoms with van der Waals surface area (Å²) in [7, 11) is 0. The van der Waals surface area contributed by atoms with E-state index < -0.39 is 13.7 Å². The van der Waals surface area contributed by atoms with Crippen molar-refractivity contribution in [3.8, 4) is 46.2 Å². The molecule has 0 fully saturated rings. The van der Waals surface area contributed by atoms with Crippen molar-refractivity contribution in [1.82, 2.24) is 28.9 Å². The van der Waals surface area contributed by atoms with Crippen LogP contribution in [0.3, 0.4) is 0 Å². The van der Waals surface area contributed by atoms with Crippen LogP contribution < -0.4 is 42.0 Å². The predicted octanol–water partition coefficient (Wildman–Crippen LogP) is 13.6. The van der Waals surface area contributed by atoms with E-state index in [0.717, 1.165) is 118 Å². The molecular formula is C78H72B2N8O2. The van der Waals surface area contributed by atoms with Crippen LogP contribution in [0.4, 0.5) is 0 Å². The number of benzene rings is 8. The number of fused-ring (bicyclic) bond motifs is 3. The van der Waals surface area contributed by atoms with Gasteiger partial charge in [0, 0.05) is 34.3 Å². The van der Waals surface area contributed by atoms with Crippen molar-refractivity contribution in [2.45, 2.75) is 79.1 Å². The van der Waals surface area contributed by atoms with E-state index in [-0.39, 0.29) is 0 Å². The van der Waals surface area contributed by atoms with Gasteiger partial charge in [0.2, 0.25) is 0 Å². The molecule has 4 heterocycles. The Morgan fingerprint density at radius 2 is 0.767 bits per heavy atom. The molecule has 0 bridgehead atoms. The number of nitriles is 2. The van der Waals surface area contributed by atoms with E-state index in [1.165, 1.54) is 0 Å². The summed E-state index contributed by atoms with van der Waals surface area (Å²) in [5, 5.41) is 27.5. The topological polar surface area (TPSA) is 127 Å². The summed E-state index contributed by atoms with van der Waals surface area (Å²) in [6.45, 7) is 9.05. The number of rotatable bonds is 24. The fraction of sp³-hybridized carbons (Fsp3) is 0.205. The second kappa shape index (κ2) is 28.3. The predicted molar refractivity (Wildman–Crippen MR) is 370 cm³/mol. The Labute approximate surface area is 528 Å². The van der Waals surface area contributed by atoms with Gasteiger partial charge in [0.05, 0.1) is 58.4 Å². The van der Waals surface area contributed by atoms with E-state index >= 15 is 0 Å². The minimum Gasteiger partial charge on any atom is -0.493 e. The summed E-state index contributed by atoms with van der Waals surface area (Å²) in [6.07, 6.45) is 12.4. The molecule has 0 aliphatic rings. The van der Waals surface area contributed by atoms with Gasteiger partial charge in [0.1, 0.15) is 46.2 Å². The highest BCUT2D eigenvalue weighted by molar-refractivity contribution is 6.85. The maximum Gasteiger partial charge on any atom is 0.328 e. The second-order valence-corrected chi connectivity index (χ2v) is 23.3. The van der Waals surface area contributed by atoms with E-state index in [2.05, 4.69) is 170 Å². The average molecular weight is 1180 g/mol. The second-order valence-electron chi connectivity index (χ2n) is 23.3. The maximum absolute atomic E-state index is 12.4. The molecule has 0 radical (unpaired) electrons. The van der Waals surface area contributed by atoms with Gasteiger partial charge < -0.3 is 18.4 Å². The molecule has 12 rings (SSSR count). The third-order valence-electron chi connectivity index (χ3n) is 17.5. The van der Waals surface area contributed by atoms with E-state index in [9.17, 15) is 10.5 Å². The molecule has 12 heteroatoms. The molecule has 0 saturated carbocycles. The Kier molecular flexibility index (Phi) is 18.8. The highest BCUT2D eigenvalue weighted by Gasteiger charge is 2.37. The molecule has 0 spiro atoms. The van der Waals surface area contributed by atoms with E-state index in [4.69, 9.17) is 29.4 Å². The first-order valence-electron chi connectivity index (χ1n) is 31.9. The van der Waals surface area contributed by atoms with Gasteiger partial charge in [-0.25, -0.2) is 9.97 Å². The Hall–Kier alpha value is -10.3. The molecular weight excluding hydrogens is 1100 g/mol. The van der Waals surface area contributed by atoms with Crippen LogP contribution in [0.1, 0.15) is 90.4 Å². The van der Waals surface area contributed by atoms with Crippen LogP contribution >= 0.6 is 0 Å². The van der Waals surface area contributed by atoms with Crippen molar-refractivity contribution in [2.75, 3.05) is 13.2 Å². The Morgan fingerprint density at radius 3 is 1.08 bits per heavy atom. The lowest BCUT2D eigenvalue weighted by Crippen LogP contribution is -2.54. The molecule has 2 atom stereocenters. The van der Waals surface area contributed by atoms with Gasteiger partial charge in [-0.3, -0.25) is 9.97 Å². The molecule has 10 nitrogen and oxygen atoms in total. The van der Waals surface area contributed by atoms with Crippen LogP contribution in [0, 0.1) is 34.5 Å². The lowest BCUT2D eigenvalue weighted by atomic mass is 9.50. The van der Waals surface area contributed by atoms with Crippen LogP contribution in [-0.2, 0) is 0 Å². The molecule has 0 aliphatic carbocycles. The van der Waals surface area contributed by atoms with Crippen LogP contribution in [0.15, 0.2) is 231 Å². The zero-order chi connectivity index (χ0) is 61.8. The molecule has 8 aromatic carbocycles. The molecule has 0 amide bonds. The Bertz CT molecular complexity index is 4270. The van der Waals surface area contributed by atoms with E-state index in [0.29, 0.717) is 80.3 Å². The van der Waals surface area contributed by atoms with Crippen LogP contribution in [0.5, 0.6) is 11.5 Å². The van der Waals surface area contributed by atoms with Crippen molar-refractivity contribution < 1.29 is 9.47 Å². The van der Waals surface area contributed by atoms with Crippen molar-refractivity contribution in [2.24, 2.45) is 11.8 Å². The third-order valence-corrected chi connectivity index (χ3v) is 17.5. The first kappa shape index (κ1) is 60.0. The van der Waals surface area contributed by atoms with E-state index in [1.807, 2.05) is 97.1 Å². The number of hydrogen-bond acceptors (Lipinski definition) is 8. The van der Waals surface area contributed by atoms with Crippen molar-refractivity contribution in [3.63, 3.8) is 0 Å². The number of ether oxygens (including phenoxy) is 2. The number of hydrogen-bond donors (Lipinski definition) is 0. The minimum atomic E-state index is -0.545. The normalized spacial score (nSPS) is 12.7. The average Bonchev–Trinajstić information content (AvgIpc) is 1.52. The quantitative estimate of drug-likeness (QED) is 0.0547. The number of aromatic nitrogens is 6. The molecule has 0 saturated heterocycles. The Morgan fingerprint density at radius 1 is 0.433 bits per heavy atom. The van der Waals surface area contributed by atoms with Gasteiger partial charge in [-0.05, 0) is 60.1 Å². The first-order chi connectivity index (χ1) is 44.4. The van der Waals surface area contributed by atoms with Crippen molar-refractivity contribution in [3.05, 3.63) is 253 Å². The molecule has 12 aromatic rings. The summed E-state index contributed by atoms with van der Waals surface area (Å²) >= 11 is 0. The van der Waals surface area contributed by atoms with Gasteiger partial charge in [0.25, 0.3) is 0 Å². The number of unbranched alkanes of at least 4 members (excludes halogenated alkanes) is 2. The summed E-state index contributed by atoms with van der Waals surface area (Å²) < 4.78 is 17.6. The fourth-order valence-electron chi connectivity index (χ4n) is 12.8. The number of nitrogens with zero attached hydrogens (tertiary/aromatic N) is 8. The zero-order valence-corrected chi connectivity index (χ0v) is 51.7. The largest absolute Gasteiger partial charge is 0.493 e. The highest BCUT2D eigenvalue weighted by Crippen LogP contribution is 2.37. The van der Waals surface area contributed by atoms with Crippen molar-refractivity contribution >= 4 is 79.5 Å². The van der Waals surface area contributed by atoms with Gasteiger partial charge >= 0.3 is 13.7 Å². The van der Waals surface area contributed by atoms with Gasteiger partial charge in [-0.15, -0.1) is 0 Å². The van der Waals surface area contributed by atoms with Gasteiger partial charge in [-0.2, -0.15) is 10.5 Å². The summed E-state index contributed by atoms with van der Waals surface area (Å²) in [5.74, 6) is 2.36. The SMILES string of the molecule is CCCCC(CC)COc1ccc2nc(/C(C#N)=c3/c4c(-c5ccccc5)n(B(c5ccccc5)c5ccccc5)/c(=C(/C#N)c5cnc6cc(OCC(CC)CCCC)ccc6n5)c4c(-c4ccccc4)n3B(c3ccccc3)c3ccccc3)cnc2c1. The summed E-state index contributed by atoms with van der Waals surface area (Å²) in [4.78, 5) is 21.0. The lowest BCUT2D eigenvalue weighted by Gasteiger charge is -2.24. The maximum atomic E-state index is 12.4. The third kappa shape index (κ3) is 12.4. The molecule has 4 aromatic heterocycles. The zero-order valence-electron chi connectivity index (χ0n) is 51.7. The van der Waals surface area contributed by atoms with Crippen LogP contribution in [-0.4, -0.2) is 55.8 Å². The molecule has 90 heavy (non-hydrogen) atoms. The van der Waals surface area contributed by atoms with Crippen LogP contribution in [0.25, 0.3) is 66.5 Å². The molecule has 0 N–H and O–H groups in total.